The van der Waals surface area contributed by atoms with E-state index in [4.69, 9.17) is 18.5 Å². The van der Waals surface area contributed by atoms with Gasteiger partial charge in [-0.05, 0) is 39.8 Å². The van der Waals surface area contributed by atoms with Gasteiger partial charge in [0.1, 0.15) is 11.8 Å². The van der Waals surface area contributed by atoms with Crippen LogP contribution in [0.1, 0.15) is 39.5 Å². The maximum absolute atomic E-state index is 15.6. The standard InChI is InChI=1S/C24H33FN3O9P/c1-14(2)35-22(31)16(4)27-38(33,37-17-9-7-6-8-10-17)34-12-18-24(5,13-29)19(25)21(36-18)28-11-15(3)20(30)26-23(28)32/h6-11,14,16,18-19,21,29H,12-13H2,1-5H3,(H,27,33)(H,26,30,32)/t16-,18?,19?,21+,24?,38?/m0/s1. The van der Waals surface area contributed by atoms with Crippen LogP contribution in [0.5, 0.6) is 5.75 Å². The van der Waals surface area contributed by atoms with Crippen molar-refractivity contribution in [3.05, 3.63) is 62.9 Å². The van der Waals surface area contributed by atoms with E-state index in [1.165, 1.54) is 32.9 Å². The van der Waals surface area contributed by atoms with Gasteiger partial charge in [-0.1, -0.05) is 25.1 Å². The molecule has 2 aromatic rings. The molecule has 2 heterocycles. The molecule has 1 fully saturated rings. The Morgan fingerprint density at radius 3 is 2.55 bits per heavy atom. The summed E-state index contributed by atoms with van der Waals surface area (Å²) in [6, 6.07) is 6.94. The number of nitrogens with zero attached hydrogens (tertiary/aromatic N) is 1. The molecule has 4 unspecified atom stereocenters. The number of aromatic nitrogens is 2. The van der Waals surface area contributed by atoms with Crippen LogP contribution in [0, 0.1) is 12.3 Å². The van der Waals surface area contributed by atoms with E-state index >= 15 is 4.39 Å². The molecule has 1 aliphatic rings. The molecular weight excluding hydrogens is 524 g/mol. The lowest BCUT2D eigenvalue weighted by atomic mass is 9.82. The zero-order chi connectivity index (χ0) is 28.3. The summed E-state index contributed by atoms with van der Waals surface area (Å²) < 4.78 is 52.4. The van der Waals surface area contributed by atoms with Gasteiger partial charge in [0, 0.05) is 11.8 Å². The number of aliphatic hydroxyl groups is 1. The summed E-state index contributed by atoms with van der Waals surface area (Å²) in [5, 5.41) is 12.6. The molecule has 3 N–H and O–H groups in total. The van der Waals surface area contributed by atoms with Crippen LogP contribution in [0.3, 0.4) is 0 Å². The van der Waals surface area contributed by atoms with Gasteiger partial charge in [0.15, 0.2) is 12.4 Å². The van der Waals surface area contributed by atoms with E-state index in [2.05, 4.69) is 10.1 Å². The fraction of sp³-hybridized carbons (Fsp3) is 0.542. The van der Waals surface area contributed by atoms with Crippen molar-refractivity contribution in [3.8, 4) is 5.75 Å². The minimum absolute atomic E-state index is 0.151. The number of alkyl halides is 1. The lowest BCUT2D eigenvalue weighted by Gasteiger charge is -2.30. The number of aryl methyl sites for hydroxylation is 1. The van der Waals surface area contributed by atoms with Crippen molar-refractivity contribution in [3.63, 3.8) is 0 Å². The molecule has 6 atom stereocenters. The number of benzene rings is 1. The quantitative estimate of drug-likeness (QED) is 0.276. The molecule has 1 aromatic carbocycles. The Morgan fingerprint density at radius 2 is 1.95 bits per heavy atom. The highest BCUT2D eigenvalue weighted by molar-refractivity contribution is 7.52. The molecule has 0 bridgehead atoms. The van der Waals surface area contributed by atoms with Crippen LogP contribution in [-0.2, 0) is 23.4 Å². The van der Waals surface area contributed by atoms with Gasteiger partial charge in [0.25, 0.3) is 5.56 Å². The molecule has 12 nitrogen and oxygen atoms in total. The first kappa shape index (κ1) is 29.7. The minimum atomic E-state index is -4.30. The second-order valence-corrected chi connectivity index (χ2v) is 11.3. The summed E-state index contributed by atoms with van der Waals surface area (Å²) in [6.07, 6.45) is -3.89. The number of carbonyl (C=O) groups is 1. The van der Waals surface area contributed by atoms with Crippen molar-refractivity contribution >= 4 is 13.7 Å². The average Bonchev–Trinajstić information content (AvgIpc) is 3.10. The Morgan fingerprint density at radius 1 is 1.29 bits per heavy atom. The molecule has 0 saturated carbocycles. The summed E-state index contributed by atoms with van der Waals surface area (Å²) in [5.41, 5.74) is -2.96. The first-order chi connectivity index (χ1) is 17.8. The molecule has 1 aliphatic heterocycles. The number of nitrogens with one attached hydrogen (secondary N) is 2. The van der Waals surface area contributed by atoms with Crippen molar-refractivity contribution in [2.24, 2.45) is 5.41 Å². The molecule has 3 rings (SSSR count). The number of aliphatic hydroxyl groups excluding tert-OH is 1. The Bertz CT molecular complexity index is 1280. The molecule has 210 valence electrons. The predicted molar refractivity (Wildman–Crippen MR) is 135 cm³/mol. The predicted octanol–water partition coefficient (Wildman–Crippen LogP) is 2.21. The first-order valence-corrected chi connectivity index (χ1v) is 13.5. The lowest BCUT2D eigenvalue weighted by Crippen LogP contribution is -2.42. The van der Waals surface area contributed by atoms with Crippen LogP contribution in [0.25, 0.3) is 0 Å². The Balaban J connectivity index is 1.86. The monoisotopic (exact) mass is 557 g/mol. The number of rotatable bonds is 11. The van der Waals surface area contributed by atoms with Gasteiger partial charge in [-0.15, -0.1) is 0 Å². The van der Waals surface area contributed by atoms with Gasteiger partial charge in [-0.25, -0.2) is 13.8 Å². The Hall–Kier alpha value is -2.83. The maximum atomic E-state index is 15.6. The molecule has 1 aromatic heterocycles. The number of esters is 1. The fourth-order valence-electron chi connectivity index (χ4n) is 3.80. The highest BCUT2D eigenvalue weighted by Crippen LogP contribution is 2.49. The fourth-order valence-corrected chi connectivity index (χ4v) is 5.29. The minimum Gasteiger partial charge on any atom is -0.462 e. The smallest absolute Gasteiger partial charge is 0.459 e. The van der Waals surface area contributed by atoms with E-state index < -0.39 is 74.2 Å². The molecule has 14 heteroatoms. The van der Waals surface area contributed by atoms with E-state index in [0.29, 0.717) is 0 Å². The zero-order valence-electron chi connectivity index (χ0n) is 21.8. The van der Waals surface area contributed by atoms with Crippen LogP contribution in [0.2, 0.25) is 0 Å². The molecular formula is C24H33FN3O9P. The molecule has 1 saturated heterocycles. The van der Waals surface area contributed by atoms with E-state index in [1.807, 2.05) is 0 Å². The third-order valence-electron chi connectivity index (χ3n) is 6.10. The normalized spacial score (nSPS) is 25.6. The topological polar surface area (TPSA) is 158 Å². The molecule has 0 spiro atoms. The Kier molecular flexibility index (Phi) is 9.32. The number of hydrogen-bond acceptors (Lipinski definition) is 9. The lowest BCUT2D eigenvalue weighted by molar-refractivity contribution is -0.149. The SMILES string of the molecule is Cc1cn([C@@H]2OC(COP(=O)(N[C@@H](C)C(=O)OC(C)C)Oc3ccccc3)C(C)(CO)C2F)c(=O)[nH]c1=O. The zero-order valence-corrected chi connectivity index (χ0v) is 22.6. The first-order valence-electron chi connectivity index (χ1n) is 12.0. The second-order valence-electron chi connectivity index (χ2n) is 9.59. The van der Waals surface area contributed by atoms with Crippen molar-refractivity contribution < 1.29 is 37.4 Å². The largest absolute Gasteiger partial charge is 0.462 e. The van der Waals surface area contributed by atoms with Crippen molar-refractivity contribution in [1.29, 1.82) is 0 Å². The van der Waals surface area contributed by atoms with Crippen LogP contribution >= 0.6 is 7.75 Å². The highest BCUT2D eigenvalue weighted by atomic mass is 31.2. The number of hydrogen-bond donors (Lipinski definition) is 3. The second kappa shape index (κ2) is 11.9. The third kappa shape index (κ3) is 6.59. The molecule has 38 heavy (non-hydrogen) atoms. The summed E-state index contributed by atoms with van der Waals surface area (Å²) >= 11 is 0. The van der Waals surface area contributed by atoms with Crippen LogP contribution < -0.4 is 20.9 Å². The van der Waals surface area contributed by atoms with Gasteiger partial charge >= 0.3 is 19.4 Å². The highest BCUT2D eigenvalue weighted by Gasteiger charge is 2.56. The number of ether oxygens (including phenoxy) is 2. The van der Waals surface area contributed by atoms with Gasteiger partial charge in [0.2, 0.25) is 0 Å². The van der Waals surface area contributed by atoms with E-state index in [9.17, 15) is 24.1 Å². The van der Waals surface area contributed by atoms with Gasteiger partial charge in [-0.2, -0.15) is 5.09 Å². The van der Waals surface area contributed by atoms with Crippen molar-refractivity contribution in [2.75, 3.05) is 13.2 Å². The third-order valence-corrected chi connectivity index (χ3v) is 7.75. The average molecular weight is 558 g/mol. The van der Waals surface area contributed by atoms with E-state index in [-0.39, 0.29) is 11.3 Å². The van der Waals surface area contributed by atoms with Crippen LogP contribution in [0.15, 0.2) is 46.1 Å². The summed E-state index contributed by atoms with van der Waals surface area (Å²) in [5.74, 6) is -0.531. The van der Waals surface area contributed by atoms with E-state index in [1.54, 1.807) is 32.0 Å². The van der Waals surface area contributed by atoms with Crippen LogP contribution in [-0.4, -0.2) is 58.3 Å². The van der Waals surface area contributed by atoms with Gasteiger partial charge in [0.05, 0.1) is 30.8 Å². The van der Waals surface area contributed by atoms with Gasteiger partial charge in [-0.3, -0.25) is 23.7 Å². The number of para-hydroxylation sites is 1. The molecule has 0 radical (unpaired) electrons. The maximum Gasteiger partial charge on any atom is 0.459 e. The number of carbonyl (C=O) groups excluding carboxylic acids is 1. The molecule has 0 amide bonds. The number of aromatic amines is 1. The number of H-pyrrole nitrogens is 1. The molecule has 0 aliphatic carbocycles. The van der Waals surface area contributed by atoms with E-state index in [0.717, 1.165) is 10.8 Å². The van der Waals surface area contributed by atoms with Crippen LogP contribution in [0.4, 0.5) is 4.39 Å². The van der Waals surface area contributed by atoms with Crippen molar-refractivity contribution in [1.82, 2.24) is 14.6 Å². The number of halogens is 1. The summed E-state index contributed by atoms with van der Waals surface area (Å²) in [4.78, 5) is 38.5. The van der Waals surface area contributed by atoms with Crippen molar-refractivity contribution in [2.45, 2.75) is 65.3 Å². The Labute approximate surface area is 218 Å². The summed E-state index contributed by atoms with van der Waals surface area (Å²) in [6.45, 7) is 6.31. The summed E-state index contributed by atoms with van der Waals surface area (Å²) in [7, 11) is -4.30. The van der Waals surface area contributed by atoms with Gasteiger partial charge < -0.3 is 19.1 Å².